The molecule has 0 unspecified atom stereocenters. The van der Waals surface area contributed by atoms with Gasteiger partial charge in [0.25, 0.3) is 0 Å². The van der Waals surface area contributed by atoms with Gasteiger partial charge < -0.3 is 11.1 Å². The van der Waals surface area contributed by atoms with Crippen molar-refractivity contribution >= 4 is 22.4 Å². The number of hydrogen-bond donors (Lipinski definition) is 2. The summed E-state index contributed by atoms with van der Waals surface area (Å²) < 4.78 is 3.64. The van der Waals surface area contributed by atoms with E-state index in [2.05, 4.69) is 14.9 Å². The van der Waals surface area contributed by atoms with Gasteiger partial charge in [0.2, 0.25) is 5.91 Å². The first kappa shape index (κ1) is 9.54. The lowest BCUT2D eigenvalue weighted by atomic mass is 10.1. The van der Waals surface area contributed by atoms with Crippen LogP contribution in [0.25, 0.3) is 0 Å². The van der Waals surface area contributed by atoms with Crippen LogP contribution >= 0.6 is 11.5 Å². The molecule has 76 valence electrons. The van der Waals surface area contributed by atoms with Crippen molar-refractivity contribution in [1.29, 1.82) is 0 Å². The number of carbonyl (C=O) groups is 1. The summed E-state index contributed by atoms with van der Waals surface area (Å²) in [4.78, 5) is 11.5. The molecule has 14 heavy (non-hydrogen) atoms. The lowest BCUT2D eigenvalue weighted by Gasteiger charge is -2.09. The minimum atomic E-state index is -0.399. The summed E-state index contributed by atoms with van der Waals surface area (Å²) in [5.41, 5.74) is 5.73. The molecule has 1 fully saturated rings. The Bertz CT molecular complexity index is 309. The molecule has 0 saturated heterocycles. The highest BCUT2D eigenvalue weighted by atomic mass is 32.1. The highest BCUT2D eigenvalue weighted by Gasteiger charge is 2.27. The molecule has 3 N–H and O–H groups in total. The molecular weight excluding hydrogens is 200 g/mol. The molecule has 1 atom stereocenters. The Morgan fingerprint density at radius 3 is 3.14 bits per heavy atom. The predicted molar refractivity (Wildman–Crippen MR) is 53.9 cm³/mol. The van der Waals surface area contributed by atoms with Crippen molar-refractivity contribution in [2.45, 2.75) is 25.3 Å². The maximum Gasteiger partial charge on any atom is 0.241 e. The van der Waals surface area contributed by atoms with Crippen molar-refractivity contribution in [2.24, 2.45) is 11.7 Å². The molecule has 0 aliphatic heterocycles. The first-order valence-electron chi connectivity index (χ1n) is 4.59. The Kier molecular flexibility index (Phi) is 2.74. The molecule has 0 spiro atoms. The number of carbonyl (C=O) groups excluding carboxylic acids is 1. The van der Waals surface area contributed by atoms with E-state index >= 15 is 0 Å². The van der Waals surface area contributed by atoms with Gasteiger partial charge in [0.05, 0.1) is 12.2 Å². The molecule has 1 aliphatic carbocycles. The van der Waals surface area contributed by atoms with Gasteiger partial charge in [0.15, 0.2) is 0 Å². The first-order valence-corrected chi connectivity index (χ1v) is 5.37. The molecule has 6 heteroatoms. The Morgan fingerprint density at radius 1 is 1.79 bits per heavy atom. The number of amides is 1. The van der Waals surface area contributed by atoms with Gasteiger partial charge >= 0.3 is 0 Å². The Balaban J connectivity index is 1.81. The Labute approximate surface area is 85.9 Å². The zero-order valence-corrected chi connectivity index (χ0v) is 8.46. The van der Waals surface area contributed by atoms with E-state index in [9.17, 15) is 4.79 Å². The fourth-order valence-electron chi connectivity index (χ4n) is 1.26. The van der Waals surface area contributed by atoms with Crippen molar-refractivity contribution in [1.82, 2.24) is 9.59 Å². The molecule has 2 rings (SSSR count). The van der Waals surface area contributed by atoms with E-state index in [1.165, 1.54) is 19.0 Å². The van der Waals surface area contributed by atoms with Gasteiger partial charge in [-0.2, -0.15) is 0 Å². The maximum absolute atomic E-state index is 11.5. The van der Waals surface area contributed by atoms with Crippen molar-refractivity contribution in [3.05, 3.63) is 6.20 Å². The molecule has 0 aromatic carbocycles. The second kappa shape index (κ2) is 4.02. The fourth-order valence-corrected chi connectivity index (χ4v) is 1.68. The van der Waals surface area contributed by atoms with Gasteiger partial charge in [0, 0.05) is 11.5 Å². The minimum Gasteiger partial charge on any atom is -0.320 e. The molecule has 0 bridgehead atoms. The summed E-state index contributed by atoms with van der Waals surface area (Å²) in [5, 5.41) is 6.96. The van der Waals surface area contributed by atoms with Crippen molar-refractivity contribution in [3.8, 4) is 0 Å². The SMILES string of the molecule is N[C@@H](CC1CC1)C(=O)Nc1cnns1. The second-order valence-electron chi connectivity index (χ2n) is 3.56. The van der Waals surface area contributed by atoms with Crippen LogP contribution in [-0.4, -0.2) is 21.5 Å². The number of anilines is 1. The van der Waals surface area contributed by atoms with E-state index in [1.54, 1.807) is 0 Å². The summed E-state index contributed by atoms with van der Waals surface area (Å²) in [6.07, 6.45) is 4.73. The number of nitrogens with one attached hydrogen (secondary N) is 1. The highest BCUT2D eigenvalue weighted by Crippen LogP contribution is 2.33. The number of nitrogens with two attached hydrogens (primary N) is 1. The van der Waals surface area contributed by atoms with Gasteiger partial charge in [-0.15, -0.1) is 5.10 Å². The highest BCUT2D eigenvalue weighted by molar-refractivity contribution is 7.10. The molecule has 1 aliphatic rings. The van der Waals surface area contributed by atoms with Gasteiger partial charge in [-0.05, 0) is 12.3 Å². The molecular formula is C8H12N4OS. The van der Waals surface area contributed by atoms with Gasteiger partial charge in [-0.25, -0.2) is 0 Å². The number of rotatable bonds is 4. The average molecular weight is 212 g/mol. The molecule has 1 amide bonds. The summed E-state index contributed by atoms with van der Waals surface area (Å²) in [5.74, 6) is 0.526. The summed E-state index contributed by atoms with van der Waals surface area (Å²) in [6.45, 7) is 0. The minimum absolute atomic E-state index is 0.136. The van der Waals surface area contributed by atoms with Crippen LogP contribution in [0.4, 0.5) is 5.00 Å². The van der Waals surface area contributed by atoms with Crippen LogP contribution in [0.2, 0.25) is 0 Å². The van der Waals surface area contributed by atoms with Crippen molar-refractivity contribution < 1.29 is 4.79 Å². The monoisotopic (exact) mass is 212 g/mol. The fraction of sp³-hybridized carbons (Fsp3) is 0.625. The van der Waals surface area contributed by atoms with E-state index < -0.39 is 6.04 Å². The molecule has 5 nitrogen and oxygen atoms in total. The van der Waals surface area contributed by atoms with E-state index in [0.717, 1.165) is 18.0 Å². The van der Waals surface area contributed by atoms with Crippen LogP contribution in [0.15, 0.2) is 6.20 Å². The largest absolute Gasteiger partial charge is 0.320 e. The third-order valence-electron chi connectivity index (χ3n) is 2.23. The third kappa shape index (κ3) is 2.49. The second-order valence-corrected chi connectivity index (χ2v) is 4.34. The van der Waals surface area contributed by atoms with E-state index in [1.807, 2.05) is 0 Å². The molecule has 1 aromatic heterocycles. The lowest BCUT2D eigenvalue weighted by Crippen LogP contribution is -2.35. The molecule has 0 radical (unpaired) electrons. The van der Waals surface area contributed by atoms with Crippen LogP contribution in [0.3, 0.4) is 0 Å². The third-order valence-corrected chi connectivity index (χ3v) is 2.81. The van der Waals surface area contributed by atoms with Gasteiger partial charge in [-0.3, -0.25) is 4.79 Å². The van der Waals surface area contributed by atoms with Crippen LogP contribution < -0.4 is 11.1 Å². The number of hydrogen-bond acceptors (Lipinski definition) is 5. The van der Waals surface area contributed by atoms with Crippen LogP contribution in [0.1, 0.15) is 19.3 Å². The average Bonchev–Trinajstić information content (AvgIpc) is 2.81. The summed E-state index contributed by atoms with van der Waals surface area (Å²) in [7, 11) is 0. The Morgan fingerprint density at radius 2 is 2.57 bits per heavy atom. The topological polar surface area (TPSA) is 80.9 Å². The van der Waals surface area contributed by atoms with E-state index in [4.69, 9.17) is 5.73 Å². The standard InChI is InChI=1S/C8H12N4OS/c9-6(3-5-1-2-5)8(13)11-7-4-10-12-14-7/h4-6H,1-3,9H2,(H,11,13)/t6-/m0/s1. The van der Waals surface area contributed by atoms with Gasteiger partial charge in [0.1, 0.15) is 5.00 Å². The van der Waals surface area contributed by atoms with E-state index in [-0.39, 0.29) is 5.91 Å². The van der Waals surface area contributed by atoms with Crippen LogP contribution in [0.5, 0.6) is 0 Å². The molecule has 1 aromatic rings. The molecule has 1 heterocycles. The Hall–Kier alpha value is -1.01. The first-order chi connectivity index (χ1) is 6.75. The zero-order chi connectivity index (χ0) is 9.97. The van der Waals surface area contributed by atoms with Crippen LogP contribution in [-0.2, 0) is 4.79 Å². The van der Waals surface area contributed by atoms with Gasteiger partial charge in [-0.1, -0.05) is 17.3 Å². The lowest BCUT2D eigenvalue weighted by molar-refractivity contribution is -0.117. The predicted octanol–water partition coefficient (Wildman–Crippen LogP) is 0.604. The van der Waals surface area contributed by atoms with Crippen molar-refractivity contribution in [2.75, 3.05) is 5.32 Å². The normalized spacial score (nSPS) is 17.8. The summed E-state index contributed by atoms with van der Waals surface area (Å²) >= 11 is 1.15. The maximum atomic E-state index is 11.5. The molecule has 1 saturated carbocycles. The van der Waals surface area contributed by atoms with E-state index in [0.29, 0.717) is 10.9 Å². The summed E-state index contributed by atoms with van der Waals surface area (Å²) in [6, 6.07) is -0.399. The number of aromatic nitrogens is 2. The zero-order valence-electron chi connectivity index (χ0n) is 7.64. The number of nitrogens with zero attached hydrogens (tertiary/aromatic N) is 2. The van der Waals surface area contributed by atoms with Crippen LogP contribution in [0, 0.1) is 5.92 Å². The smallest absolute Gasteiger partial charge is 0.241 e. The quantitative estimate of drug-likeness (QED) is 0.766. The van der Waals surface area contributed by atoms with Crippen molar-refractivity contribution in [3.63, 3.8) is 0 Å².